The molecule has 21 heavy (non-hydrogen) atoms. The molecule has 0 heterocycles. The second kappa shape index (κ2) is 6.21. The SMILES string of the molecule is CC(C)Nc1c(NC(=O)OCc2ccccc2)c(=O)c1=O. The molecule has 0 radical (unpaired) electrons. The van der Waals surface area contributed by atoms with Gasteiger partial charge >= 0.3 is 6.09 Å². The molecule has 0 saturated carbocycles. The first-order valence-electron chi connectivity index (χ1n) is 6.56. The Labute approximate surface area is 121 Å². The van der Waals surface area contributed by atoms with Crippen LogP contribution in [0.15, 0.2) is 39.9 Å². The fourth-order valence-corrected chi connectivity index (χ4v) is 1.80. The van der Waals surface area contributed by atoms with E-state index >= 15 is 0 Å². The molecule has 0 bridgehead atoms. The van der Waals surface area contributed by atoms with Crippen molar-refractivity contribution in [3.8, 4) is 0 Å². The zero-order valence-electron chi connectivity index (χ0n) is 11.8. The Balaban J connectivity index is 1.96. The molecular formula is C15H16N2O4. The van der Waals surface area contributed by atoms with Crippen molar-refractivity contribution in [1.82, 2.24) is 0 Å². The topological polar surface area (TPSA) is 84.5 Å². The van der Waals surface area contributed by atoms with Crippen LogP contribution in [0.3, 0.4) is 0 Å². The van der Waals surface area contributed by atoms with Crippen LogP contribution in [0, 0.1) is 0 Å². The van der Waals surface area contributed by atoms with Gasteiger partial charge in [0, 0.05) is 6.04 Å². The van der Waals surface area contributed by atoms with Crippen LogP contribution in [0.4, 0.5) is 16.2 Å². The molecule has 0 fully saturated rings. The van der Waals surface area contributed by atoms with Crippen molar-refractivity contribution in [1.29, 1.82) is 0 Å². The number of benzene rings is 1. The highest BCUT2D eigenvalue weighted by Crippen LogP contribution is 2.15. The fraction of sp³-hybridized carbons (Fsp3) is 0.267. The monoisotopic (exact) mass is 288 g/mol. The molecule has 0 aliphatic rings. The number of ether oxygens (including phenoxy) is 1. The maximum atomic E-state index is 11.6. The molecule has 6 heteroatoms. The first kappa shape index (κ1) is 14.8. The minimum absolute atomic E-state index is 0.0193. The van der Waals surface area contributed by atoms with Crippen LogP contribution in [0.2, 0.25) is 0 Å². The zero-order valence-corrected chi connectivity index (χ0v) is 11.8. The zero-order chi connectivity index (χ0) is 15.4. The standard InChI is InChI=1S/C15H16N2O4/c1-9(2)16-11-12(14(19)13(11)18)17-15(20)21-8-10-6-4-3-5-7-10/h3-7,9,16H,8H2,1-2H3,(H,17,20). The van der Waals surface area contributed by atoms with Crippen LogP contribution in [-0.4, -0.2) is 12.1 Å². The maximum Gasteiger partial charge on any atom is 0.412 e. The second-order valence-corrected chi connectivity index (χ2v) is 4.89. The summed E-state index contributed by atoms with van der Waals surface area (Å²) in [6.07, 6.45) is -0.766. The summed E-state index contributed by atoms with van der Waals surface area (Å²) in [6.45, 7) is 3.75. The van der Waals surface area contributed by atoms with Gasteiger partial charge in [0.25, 0.3) is 10.9 Å². The van der Waals surface area contributed by atoms with Gasteiger partial charge in [0.15, 0.2) is 0 Å². The number of anilines is 2. The normalized spacial score (nSPS) is 10.6. The number of nitrogens with one attached hydrogen (secondary N) is 2. The molecule has 0 unspecified atom stereocenters. The maximum absolute atomic E-state index is 11.6. The first-order chi connectivity index (χ1) is 9.99. The van der Waals surface area contributed by atoms with E-state index in [1.165, 1.54) is 0 Å². The number of rotatable bonds is 5. The van der Waals surface area contributed by atoms with Gasteiger partial charge in [-0.15, -0.1) is 0 Å². The van der Waals surface area contributed by atoms with Crippen molar-refractivity contribution in [3.63, 3.8) is 0 Å². The summed E-state index contributed by atoms with van der Waals surface area (Å²) in [7, 11) is 0. The van der Waals surface area contributed by atoms with Crippen LogP contribution in [0.1, 0.15) is 19.4 Å². The van der Waals surface area contributed by atoms with E-state index in [4.69, 9.17) is 4.74 Å². The van der Waals surface area contributed by atoms with E-state index in [1.807, 2.05) is 44.2 Å². The third-order valence-corrected chi connectivity index (χ3v) is 2.78. The van der Waals surface area contributed by atoms with Crippen molar-refractivity contribution < 1.29 is 9.53 Å². The number of hydrogen-bond donors (Lipinski definition) is 2. The molecule has 0 aliphatic carbocycles. The summed E-state index contributed by atoms with van der Waals surface area (Å²) in [4.78, 5) is 34.5. The molecule has 2 rings (SSSR count). The van der Waals surface area contributed by atoms with E-state index in [-0.39, 0.29) is 24.0 Å². The van der Waals surface area contributed by atoms with Crippen LogP contribution in [0.5, 0.6) is 0 Å². The Hall–Kier alpha value is -2.63. The third kappa shape index (κ3) is 3.47. The van der Waals surface area contributed by atoms with Crippen LogP contribution < -0.4 is 21.5 Å². The molecule has 0 aliphatic heterocycles. The van der Waals surface area contributed by atoms with Gasteiger partial charge < -0.3 is 10.1 Å². The molecule has 2 N–H and O–H groups in total. The van der Waals surface area contributed by atoms with Crippen molar-refractivity contribution in [3.05, 3.63) is 56.3 Å². The Morgan fingerprint density at radius 3 is 2.33 bits per heavy atom. The van der Waals surface area contributed by atoms with Crippen LogP contribution in [-0.2, 0) is 11.3 Å². The minimum Gasteiger partial charge on any atom is -0.444 e. The largest absolute Gasteiger partial charge is 0.444 e. The van der Waals surface area contributed by atoms with Crippen molar-refractivity contribution in [2.75, 3.05) is 10.6 Å². The Kier molecular flexibility index (Phi) is 4.37. The van der Waals surface area contributed by atoms with Gasteiger partial charge in [-0.2, -0.15) is 0 Å². The van der Waals surface area contributed by atoms with Gasteiger partial charge in [-0.3, -0.25) is 14.9 Å². The molecule has 6 nitrogen and oxygen atoms in total. The summed E-state index contributed by atoms with van der Waals surface area (Å²) >= 11 is 0. The molecular weight excluding hydrogens is 272 g/mol. The Morgan fingerprint density at radius 2 is 1.71 bits per heavy atom. The number of carbonyl (C=O) groups excluding carboxylic acids is 1. The molecule has 0 spiro atoms. The van der Waals surface area contributed by atoms with Crippen molar-refractivity contribution in [2.24, 2.45) is 0 Å². The molecule has 2 aromatic rings. The summed E-state index contributed by atoms with van der Waals surface area (Å²) in [5.74, 6) is 0. The molecule has 0 saturated heterocycles. The minimum atomic E-state index is -0.766. The molecule has 1 amide bonds. The molecule has 110 valence electrons. The fourth-order valence-electron chi connectivity index (χ4n) is 1.80. The van der Waals surface area contributed by atoms with Gasteiger partial charge in [0.2, 0.25) is 0 Å². The van der Waals surface area contributed by atoms with E-state index < -0.39 is 17.0 Å². The van der Waals surface area contributed by atoms with Gasteiger partial charge in [-0.25, -0.2) is 4.79 Å². The van der Waals surface area contributed by atoms with E-state index in [0.717, 1.165) is 5.56 Å². The van der Waals surface area contributed by atoms with Gasteiger partial charge in [0.1, 0.15) is 18.0 Å². The van der Waals surface area contributed by atoms with E-state index in [2.05, 4.69) is 10.6 Å². The number of hydrogen-bond acceptors (Lipinski definition) is 5. The lowest BCUT2D eigenvalue weighted by Gasteiger charge is -2.16. The lowest BCUT2D eigenvalue weighted by molar-refractivity contribution is 0.155. The van der Waals surface area contributed by atoms with Crippen LogP contribution in [0.25, 0.3) is 0 Å². The summed E-state index contributed by atoms with van der Waals surface area (Å²) in [5, 5.41) is 5.14. The lowest BCUT2D eigenvalue weighted by Crippen LogP contribution is -2.39. The average molecular weight is 288 g/mol. The summed E-state index contributed by atoms with van der Waals surface area (Å²) in [6, 6.07) is 9.13. The average Bonchev–Trinajstić information content (AvgIpc) is 2.49. The Bertz CT molecular complexity index is 700. The van der Waals surface area contributed by atoms with Gasteiger partial charge in [-0.1, -0.05) is 30.3 Å². The highest BCUT2D eigenvalue weighted by Gasteiger charge is 2.23. The van der Waals surface area contributed by atoms with E-state index in [0.29, 0.717) is 0 Å². The highest BCUT2D eigenvalue weighted by atomic mass is 16.5. The van der Waals surface area contributed by atoms with Crippen molar-refractivity contribution >= 4 is 17.5 Å². The summed E-state index contributed by atoms with van der Waals surface area (Å²) in [5.41, 5.74) is -0.409. The lowest BCUT2D eigenvalue weighted by atomic mass is 10.2. The smallest absolute Gasteiger partial charge is 0.412 e. The number of amides is 1. The van der Waals surface area contributed by atoms with E-state index in [1.54, 1.807) is 0 Å². The number of carbonyl (C=O) groups is 1. The first-order valence-corrected chi connectivity index (χ1v) is 6.56. The third-order valence-electron chi connectivity index (χ3n) is 2.78. The predicted molar refractivity (Wildman–Crippen MR) is 80.4 cm³/mol. The highest BCUT2D eigenvalue weighted by molar-refractivity contribution is 5.91. The van der Waals surface area contributed by atoms with Gasteiger partial charge in [-0.05, 0) is 19.4 Å². The molecule has 0 atom stereocenters. The second-order valence-electron chi connectivity index (χ2n) is 4.89. The quantitative estimate of drug-likeness (QED) is 0.820. The predicted octanol–water partition coefficient (Wildman–Crippen LogP) is 1.85. The Morgan fingerprint density at radius 1 is 1.10 bits per heavy atom. The summed E-state index contributed by atoms with van der Waals surface area (Å²) < 4.78 is 5.00. The van der Waals surface area contributed by atoms with Gasteiger partial charge in [0.05, 0.1) is 0 Å². The van der Waals surface area contributed by atoms with E-state index in [9.17, 15) is 14.4 Å². The van der Waals surface area contributed by atoms with Crippen molar-refractivity contribution in [2.45, 2.75) is 26.5 Å². The molecule has 2 aromatic carbocycles. The van der Waals surface area contributed by atoms with Crippen LogP contribution >= 0.6 is 0 Å². The molecule has 0 aromatic heterocycles.